The Labute approximate surface area is 128 Å². The number of aromatic nitrogens is 3. The SMILES string of the molecule is CCOCCOCCOc1ccc(-c2ncncn2)c(O)c1. The van der Waals surface area contributed by atoms with Crippen LogP contribution in [0.25, 0.3) is 11.4 Å². The van der Waals surface area contributed by atoms with Gasteiger partial charge in [0.1, 0.15) is 30.8 Å². The molecule has 0 atom stereocenters. The molecule has 0 saturated carbocycles. The van der Waals surface area contributed by atoms with Gasteiger partial charge in [0.25, 0.3) is 0 Å². The van der Waals surface area contributed by atoms with E-state index in [-0.39, 0.29) is 5.75 Å². The third-order valence-electron chi connectivity index (χ3n) is 2.78. The van der Waals surface area contributed by atoms with Gasteiger partial charge in [0.05, 0.1) is 25.4 Å². The molecule has 7 nitrogen and oxygen atoms in total. The largest absolute Gasteiger partial charge is 0.507 e. The predicted octanol–water partition coefficient (Wildman–Crippen LogP) is 1.68. The fourth-order valence-electron chi connectivity index (χ4n) is 1.75. The van der Waals surface area contributed by atoms with Crippen LogP contribution in [0.1, 0.15) is 6.92 Å². The molecular weight excluding hydrogens is 286 g/mol. The Balaban J connectivity index is 1.80. The molecule has 7 heteroatoms. The number of nitrogens with zero attached hydrogens (tertiary/aromatic N) is 3. The highest BCUT2D eigenvalue weighted by atomic mass is 16.5. The average molecular weight is 305 g/mol. The fourth-order valence-corrected chi connectivity index (χ4v) is 1.75. The van der Waals surface area contributed by atoms with Crippen molar-refractivity contribution in [1.29, 1.82) is 0 Å². The monoisotopic (exact) mass is 305 g/mol. The second-order valence-electron chi connectivity index (χ2n) is 4.30. The van der Waals surface area contributed by atoms with Gasteiger partial charge in [0, 0.05) is 12.7 Å². The molecule has 1 aromatic heterocycles. The van der Waals surface area contributed by atoms with E-state index in [0.29, 0.717) is 50.2 Å². The molecule has 0 aliphatic rings. The van der Waals surface area contributed by atoms with Gasteiger partial charge in [-0.15, -0.1) is 0 Å². The molecule has 0 bridgehead atoms. The van der Waals surface area contributed by atoms with Gasteiger partial charge in [-0.05, 0) is 19.1 Å². The number of hydrogen-bond donors (Lipinski definition) is 1. The highest BCUT2D eigenvalue weighted by Gasteiger charge is 2.08. The van der Waals surface area contributed by atoms with E-state index in [1.54, 1.807) is 12.1 Å². The van der Waals surface area contributed by atoms with Crippen molar-refractivity contribution in [1.82, 2.24) is 15.0 Å². The first-order valence-electron chi connectivity index (χ1n) is 7.05. The molecule has 2 aromatic rings. The van der Waals surface area contributed by atoms with E-state index in [1.165, 1.54) is 18.7 Å². The average Bonchev–Trinajstić information content (AvgIpc) is 2.55. The summed E-state index contributed by atoms with van der Waals surface area (Å²) in [5, 5.41) is 10.0. The Hall–Kier alpha value is -2.25. The van der Waals surface area contributed by atoms with Crippen LogP contribution in [0, 0.1) is 0 Å². The number of ether oxygens (including phenoxy) is 3. The number of aromatic hydroxyl groups is 1. The van der Waals surface area contributed by atoms with E-state index in [9.17, 15) is 5.11 Å². The van der Waals surface area contributed by atoms with Crippen molar-refractivity contribution in [3.8, 4) is 22.9 Å². The fraction of sp³-hybridized carbons (Fsp3) is 0.400. The second-order valence-corrected chi connectivity index (χ2v) is 4.30. The summed E-state index contributed by atoms with van der Waals surface area (Å²) in [5.41, 5.74) is 0.530. The van der Waals surface area contributed by atoms with Crippen LogP contribution in [0.15, 0.2) is 30.9 Å². The molecule has 0 fully saturated rings. The summed E-state index contributed by atoms with van der Waals surface area (Å²) in [6.07, 6.45) is 2.76. The lowest BCUT2D eigenvalue weighted by Gasteiger charge is -2.09. The molecule has 0 aliphatic carbocycles. The van der Waals surface area contributed by atoms with Gasteiger partial charge >= 0.3 is 0 Å². The maximum absolute atomic E-state index is 10.0. The van der Waals surface area contributed by atoms with E-state index >= 15 is 0 Å². The first kappa shape index (κ1) is 16.1. The van der Waals surface area contributed by atoms with Crippen LogP contribution in [0.4, 0.5) is 0 Å². The first-order valence-corrected chi connectivity index (χ1v) is 7.05. The van der Waals surface area contributed by atoms with E-state index in [2.05, 4.69) is 15.0 Å². The van der Waals surface area contributed by atoms with Crippen molar-refractivity contribution >= 4 is 0 Å². The lowest BCUT2D eigenvalue weighted by atomic mass is 10.2. The summed E-state index contributed by atoms with van der Waals surface area (Å²) < 4.78 is 16.0. The summed E-state index contributed by atoms with van der Waals surface area (Å²) >= 11 is 0. The normalized spacial score (nSPS) is 10.6. The topological polar surface area (TPSA) is 86.6 Å². The summed E-state index contributed by atoms with van der Waals surface area (Å²) in [7, 11) is 0. The number of phenols is 1. The van der Waals surface area contributed by atoms with Crippen LogP contribution in [-0.2, 0) is 9.47 Å². The molecular formula is C15H19N3O4. The zero-order valence-corrected chi connectivity index (χ0v) is 12.4. The van der Waals surface area contributed by atoms with Crippen LogP contribution >= 0.6 is 0 Å². The van der Waals surface area contributed by atoms with E-state index < -0.39 is 0 Å². The Morgan fingerprint density at radius 3 is 2.45 bits per heavy atom. The Morgan fingerprint density at radius 1 is 1.00 bits per heavy atom. The molecule has 1 heterocycles. The molecule has 0 radical (unpaired) electrons. The molecule has 0 aliphatic heterocycles. The molecule has 0 spiro atoms. The third kappa shape index (κ3) is 4.94. The molecule has 118 valence electrons. The summed E-state index contributed by atoms with van der Waals surface area (Å²) in [4.78, 5) is 11.7. The van der Waals surface area contributed by atoms with Gasteiger partial charge in [0.2, 0.25) is 0 Å². The van der Waals surface area contributed by atoms with Crippen LogP contribution in [-0.4, -0.2) is 53.1 Å². The Morgan fingerprint density at radius 2 is 1.73 bits per heavy atom. The zero-order chi connectivity index (χ0) is 15.6. The molecule has 22 heavy (non-hydrogen) atoms. The maximum atomic E-state index is 10.0. The minimum Gasteiger partial charge on any atom is -0.507 e. The van der Waals surface area contributed by atoms with Gasteiger partial charge in [-0.2, -0.15) is 0 Å². The second kappa shape index (κ2) is 8.91. The van der Waals surface area contributed by atoms with Gasteiger partial charge in [-0.25, -0.2) is 15.0 Å². The summed E-state index contributed by atoms with van der Waals surface area (Å²) in [5.74, 6) is 1.03. The number of benzene rings is 1. The van der Waals surface area contributed by atoms with Gasteiger partial charge in [-0.3, -0.25) is 0 Å². The quantitative estimate of drug-likeness (QED) is 0.705. The molecule has 2 rings (SSSR count). The Bertz CT molecular complexity index is 566. The molecule has 0 amide bonds. The van der Waals surface area contributed by atoms with Crippen molar-refractivity contribution in [3.63, 3.8) is 0 Å². The van der Waals surface area contributed by atoms with E-state index in [1.807, 2.05) is 6.92 Å². The lowest BCUT2D eigenvalue weighted by Crippen LogP contribution is -2.10. The van der Waals surface area contributed by atoms with Crippen molar-refractivity contribution in [3.05, 3.63) is 30.9 Å². The Kier molecular flexibility index (Phi) is 6.53. The zero-order valence-electron chi connectivity index (χ0n) is 12.4. The first-order chi connectivity index (χ1) is 10.8. The summed E-state index contributed by atoms with van der Waals surface area (Å²) in [6.45, 7) is 4.61. The lowest BCUT2D eigenvalue weighted by molar-refractivity contribution is 0.0404. The van der Waals surface area contributed by atoms with Crippen molar-refractivity contribution < 1.29 is 19.3 Å². The minimum absolute atomic E-state index is 0.0564. The van der Waals surface area contributed by atoms with Gasteiger partial charge in [-0.1, -0.05) is 0 Å². The molecule has 1 aromatic carbocycles. The number of rotatable bonds is 9. The standard InChI is InChI=1S/C15H19N3O4/c1-2-20-5-6-21-7-8-22-12-3-4-13(14(19)9-12)15-17-10-16-11-18-15/h3-4,9-11,19H,2,5-8H2,1H3. The number of phenolic OH excluding ortho intramolecular Hbond substituents is 1. The van der Waals surface area contributed by atoms with Crippen molar-refractivity contribution in [2.45, 2.75) is 6.92 Å². The highest BCUT2D eigenvalue weighted by Crippen LogP contribution is 2.29. The van der Waals surface area contributed by atoms with Crippen molar-refractivity contribution in [2.24, 2.45) is 0 Å². The van der Waals surface area contributed by atoms with Crippen molar-refractivity contribution in [2.75, 3.05) is 33.0 Å². The molecule has 0 unspecified atom stereocenters. The van der Waals surface area contributed by atoms with E-state index in [4.69, 9.17) is 14.2 Å². The molecule has 1 N–H and O–H groups in total. The highest BCUT2D eigenvalue weighted by molar-refractivity contribution is 5.64. The van der Waals surface area contributed by atoms with Crippen LogP contribution in [0.2, 0.25) is 0 Å². The predicted molar refractivity (Wildman–Crippen MR) is 79.7 cm³/mol. The van der Waals surface area contributed by atoms with Gasteiger partial charge < -0.3 is 19.3 Å². The smallest absolute Gasteiger partial charge is 0.166 e. The van der Waals surface area contributed by atoms with Crippen LogP contribution in [0.3, 0.4) is 0 Å². The number of hydrogen-bond acceptors (Lipinski definition) is 7. The minimum atomic E-state index is 0.0564. The third-order valence-corrected chi connectivity index (χ3v) is 2.78. The van der Waals surface area contributed by atoms with Gasteiger partial charge in [0.15, 0.2) is 5.82 Å². The summed E-state index contributed by atoms with van der Waals surface area (Å²) in [6, 6.07) is 4.98. The van der Waals surface area contributed by atoms with E-state index in [0.717, 1.165) is 0 Å². The van der Waals surface area contributed by atoms with Crippen LogP contribution < -0.4 is 4.74 Å². The van der Waals surface area contributed by atoms with Crippen LogP contribution in [0.5, 0.6) is 11.5 Å². The molecule has 0 saturated heterocycles. The maximum Gasteiger partial charge on any atom is 0.166 e.